The fourth-order valence-electron chi connectivity index (χ4n) is 3.09. The van der Waals surface area contributed by atoms with Gasteiger partial charge in [-0.3, -0.25) is 9.10 Å². The number of hydrogen-bond acceptors (Lipinski definition) is 5. The summed E-state index contributed by atoms with van der Waals surface area (Å²) in [5, 5.41) is -0.248. The zero-order valence-corrected chi connectivity index (χ0v) is 16.4. The van der Waals surface area contributed by atoms with Crippen molar-refractivity contribution in [3.63, 3.8) is 0 Å². The van der Waals surface area contributed by atoms with E-state index in [1.54, 1.807) is 19.2 Å². The average Bonchev–Trinajstić information content (AvgIpc) is 3.47. The molecule has 1 saturated heterocycles. The molecule has 1 aromatic heterocycles. The van der Waals surface area contributed by atoms with Crippen molar-refractivity contribution in [1.29, 1.82) is 0 Å². The van der Waals surface area contributed by atoms with Gasteiger partial charge >= 0.3 is 0 Å². The molecule has 0 bridgehead atoms. The van der Waals surface area contributed by atoms with Crippen molar-refractivity contribution in [1.82, 2.24) is 9.88 Å². The summed E-state index contributed by atoms with van der Waals surface area (Å²) in [5.74, 6) is 0.691. The van der Waals surface area contributed by atoms with Gasteiger partial charge in [-0.1, -0.05) is 13.8 Å². The molecule has 144 valence electrons. The van der Waals surface area contributed by atoms with E-state index in [0.29, 0.717) is 24.7 Å². The molecule has 26 heavy (non-hydrogen) atoms. The Kier molecular flexibility index (Phi) is 5.41. The zero-order chi connectivity index (χ0) is 18.9. The molecule has 0 aromatic carbocycles. The molecule has 2 aliphatic rings. The molecular weight excluding hydrogens is 354 g/mol. The second-order valence-electron chi connectivity index (χ2n) is 7.36. The van der Waals surface area contributed by atoms with Crippen LogP contribution in [0.3, 0.4) is 0 Å². The first-order valence-electron chi connectivity index (χ1n) is 9.18. The van der Waals surface area contributed by atoms with Crippen molar-refractivity contribution in [3.05, 3.63) is 18.3 Å². The number of piperidine rings is 1. The summed E-state index contributed by atoms with van der Waals surface area (Å²) in [6, 6.07) is 3.43. The van der Waals surface area contributed by atoms with Crippen LogP contribution in [0.25, 0.3) is 0 Å². The molecule has 2 fully saturated rings. The number of amides is 1. The SMILES string of the molecule is CC(C)C(=O)N1CCC(Oc2ccc(N(C)S(=O)(=O)C3CC3)cn2)CC1. The Morgan fingerprint density at radius 2 is 1.88 bits per heavy atom. The Hall–Kier alpha value is -1.83. The van der Waals surface area contributed by atoms with Gasteiger partial charge in [0.2, 0.25) is 21.8 Å². The molecule has 0 N–H and O–H groups in total. The van der Waals surface area contributed by atoms with Gasteiger partial charge in [0.05, 0.1) is 17.1 Å². The van der Waals surface area contributed by atoms with Crippen molar-refractivity contribution in [2.24, 2.45) is 5.92 Å². The summed E-state index contributed by atoms with van der Waals surface area (Å²) in [6.45, 7) is 5.22. The van der Waals surface area contributed by atoms with Crippen LogP contribution in [0.5, 0.6) is 5.88 Å². The first kappa shape index (κ1) is 18.9. The molecule has 2 heterocycles. The monoisotopic (exact) mass is 381 g/mol. The van der Waals surface area contributed by atoms with Crippen molar-refractivity contribution in [2.75, 3.05) is 24.4 Å². The molecule has 1 saturated carbocycles. The first-order valence-corrected chi connectivity index (χ1v) is 10.7. The van der Waals surface area contributed by atoms with E-state index in [9.17, 15) is 13.2 Å². The van der Waals surface area contributed by atoms with Gasteiger partial charge in [0.25, 0.3) is 0 Å². The summed E-state index contributed by atoms with van der Waals surface area (Å²) in [7, 11) is -1.70. The number of nitrogens with zero attached hydrogens (tertiary/aromatic N) is 3. The van der Waals surface area contributed by atoms with E-state index in [2.05, 4.69) is 4.98 Å². The largest absolute Gasteiger partial charge is 0.474 e. The summed E-state index contributed by atoms with van der Waals surface area (Å²) >= 11 is 0. The zero-order valence-electron chi connectivity index (χ0n) is 15.6. The minimum absolute atomic E-state index is 0.0191. The molecule has 1 aliphatic heterocycles. The number of rotatable bonds is 6. The van der Waals surface area contributed by atoms with Gasteiger partial charge in [-0.15, -0.1) is 0 Å². The van der Waals surface area contributed by atoms with Gasteiger partial charge in [-0.2, -0.15) is 0 Å². The van der Waals surface area contributed by atoms with Crippen LogP contribution in [0.1, 0.15) is 39.5 Å². The summed E-state index contributed by atoms with van der Waals surface area (Å²) in [6.07, 6.45) is 4.58. The Labute approximate surface area is 155 Å². The lowest BCUT2D eigenvalue weighted by Crippen LogP contribution is -2.43. The van der Waals surface area contributed by atoms with Crippen molar-refractivity contribution >= 4 is 21.6 Å². The molecule has 0 unspecified atom stereocenters. The number of hydrogen-bond donors (Lipinski definition) is 0. The number of carbonyl (C=O) groups is 1. The predicted molar refractivity (Wildman–Crippen MR) is 99.6 cm³/mol. The molecule has 8 heteroatoms. The number of ether oxygens (including phenoxy) is 1. The number of carbonyl (C=O) groups excluding carboxylic acids is 1. The second kappa shape index (κ2) is 7.42. The van der Waals surface area contributed by atoms with E-state index >= 15 is 0 Å². The molecule has 1 amide bonds. The normalized spacial score (nSPS) is 18.8. The third kappa shape index (κ3) is 4.11. The number of anilines is 1. The van der Waals surface area contributed by atoms with Crippen LogP contribution in [-0.4, -0.2) is 55.7 Å². The Morgan fingerprint density at radius 3 is 2.38 bits per heavy atom. The smallest absolute Gasteiger partial charge is 0.237 e. The lowest BCUT2D eigenvalue weighted by molar-refractivity contribution is -0.136. The van der Waals surface area contributed by atoms with Crippen LogP contribution < -0.4 is 9.04 Å². The van der Waals surface area contributed by atoms with Crippen molar-refractivity contribution in [2.45, 2.75) is 50.9 Å². The predicted octanol–water partition coefficient (Wildman–Crippen LogP) is 2.04. The first-order chi connectivity index (χ1) is 12.3. The van der Waals surface area contributed by atoms with Gasteiger partial charge < -0.3 is 9.64 Å². The van der Waals surface area contributed by atoms with Crippen LogP contribution in [0.2, 0.25) is 0 Å². The average molecular weight is 381 g/mol. The molecule has 7 nitrogen and oxygen atoms in total. The maximum absolute atomic E-state index is 12.3. The van der Waals surface area contributed by atoms with Gasteiger partial charge in [-0.05, 0) is 18.9 Å². The maximum atomic E-state index is 12.3. The molecule has 0 radical (unpaired) electrons. The van der Waals surface area contributed by atoms with Gasteiger partial charge in [0.1, 0.15) is 6.10 Å². The molecule has 0 atom stereocenters. The standard InChI is InChI=1S/C18H27N3O4S/c1-13(2)18(22)21-10-8-15(9-11-21)25-17-7-4-14(12-19-17)20(3)26(23,24)16-5-6-16/h4,7,12-13,15-16H,5-6,8-11H2,1-3H3. The fraction of sp³-hybridized carbons (Fsp3) is 0.667. The highest BCUT2D eigenvalue weighted by atomic mass is 32.2. The highest BCUT2D eigenvalue weighted by Gasteiger charge is 2.39. The van der Waals surface area contributed by atoms with E-state index in [-0.39, 0.29) is 23.2 Å². The summed E-state index contributed by atoms with van der Waals surface area (Å²) in [4.78, 5) is 18.2. The third-order valence-electron chi connectivity index (χ3n) is 4.95. The van der Waals surface area contributed by atoms with E-state index in [0.717, 1.165) is 25.7 Å². The minimum atomic E-state index is -3.27. The van der Waals surface area contributed by atoms with Crippen LogP contribution in [0.4, 0.5) is 5.69 Å². The minimum Gasteiger partial charge on any atom is -0.474 e. The van der Waals surface area contributed by atoms with Crippen LogP contribution >= 0.6 is 0 Å². The number of aromatic nitrogens is 1. The third-order valence-corrected chi connectivity index (χ3v) is 7.23. The van der Waals surface area contributed by atoms with Crippen LogP contribution in [-0.2, 0) is 14.8 Å². The Bertz CT molecular complexity index is 736. The molecular formula is C18H27N3O4S. The van der Waals surface area contributed by atoms with E-state index in [1.165, 1.54) is 10.5 Å². The van der Waals surface area contributed by atoms with Crippen LogP contribution in [0.15, 0.2) is 18.3 Å². The highest BCUT2D eigenvalue weighted by Crippen LogP contribution is 2.32. The fourth-order valence-corrected chi connectivity index (χ4v) is 4.68. The number of sulfonamides is 1. The van der Waals surface area contributed by atoms with Crippen LogP contribution in [0, 0.1) is 5.92 Å². The summed E-state index contributed by atoms with van der Waals surface area (Å²) in [5.41, 5.74) is 0.543. The Morgan fingerprint density at radius 1 is 1.23 bits per heavy atom. The van der Waals surface area contributed by atoms with E-state index in [1.807, 2.05) is 18.7 Å². The van der Waals surface area contributed by atoms with Gasteiger partial charge in [0, 0.05) is 45.0 Å². The molecule has 1 aliphatic carbocycles. The number of pyridine rings is 1. The lowest BCUT2D eigenvalue weighted by Gasteiger charge is -2.33. The van der Waals surface area contributed by atoms with Gasteiger partial charge in [-0.25, -0.2) is 13.4 Å². The van der Waals surface area contributed by atoms with Crippen molar-refractivity contribution in [3.8, 4) is 5.88 Å². The second-order valence-corrected chi connectivity index (χ2v) is 9.61. The van der Waals surface area contributed by atoms with E-state index < -0.39 is 10.0 Å². The maximum Gasteiger partial charge on any atom is 0.237 e. The number of likely N-dealkylation sites (tertiary alicyclic amines) is 1. The topological polar surface area (TPSA) is 79.8 Å². The lowest BCUT2D eigenvalue weighted by atomic mass is 10.1. The Balaban J connectivity index is 1.54. The molecule has 3 rings (SSSR count). The molecule has 0 spiro atoms. The van der Waals surface area contributed by atoms with Gasteiger partial charge in [0.15, 0.2) is 0 Å². The summed E-state index contributed by atoms with van der Waals surface area (Å²) < 4.78 is 31.7. The van der Waals surface area contributed by atoms with E-state index in [4.69, 9.17) is 4.74 Å². The highest BCUT2D eigenvalue weighted by molar-refractivity contribution is 7.93. The quantitative estimate of drug-likeness (QED) is 0.753. The van der Waals surface area contributed by atoms with Crippen molar-refractivity contribution < 1.29 is 17.9 Å². The molecule has 1 aromatic rings.